The lowest BCUT2D eigenvalue weighted by atomic mass is 10.1. The number of nitrogens with two attached hydrogens (primary N) is 1. The van der Waals surface area contributed by atoms with Gasteiger partial charge in [-0.1, -0.05) is 35.9 Å². The molecule has 2 aromatic carbocycles. The first-order valence-electron chi connectivity index (χ1n) is 5.55. The van der Waals surface area contributed by atoms with E-state index in [0.717, 1.165) is 5.75 Å². The van der Waals surface area contributed by atoms with E-state index in [4.69, 9.17) is 22.1 Å². The maximum absolute atomic E-state index is 13.3. The topological polar surface area (TPSA) is 35.2 Å². The van der Waals surface area contributed by atoms with Crippen LogP contribution in [0.1, 0.15) is 11.6 Å². The molecule has 0 saturated carbocycles. The van der Waals surface area contributed by atoms with Crippen LogP contribution >= 0.6 is 24.0 Å². The number of para-hydroxylation sites is 1. The number of hydrogen-bond acceptors (Lipinski definition) is 2. The number of rotatable bonds is 4. The molecular weight excluding hydrogens is 288 g/mol. The van der Waals surface area contributed by atoms with E-state index < -0.39 is 11.9 Å². The second-order valence-electron chi connectivity index (χ2n) is 3.90. The van der Waals surface area contributed by atoms with Gasteiger partial charge in [-0.15, -0.1) is 12.4 Å². The molecule has 2 aromatic rings. The van der Waals surface area contributed by atoms with Crippen LogP contribution in [0.15, 0.2) is 48.5 Å². The average Bonchev–Trinajstić information content (AvgIpc) is 2.40. The van der Waals surface area contributed by atoms with Crippen LogP contribution in [0.3, 0.4) is 0 Å². The molecule has 0 aromatic heterocycles. The van der Waals surface area contributed by atoms with Gasteiger partial charge in [-0.2, -0.15) is 0 Å². The molecule has 0 aliphatic heterocycles. The molecule has 0 radical (unpaired) electrons. The van der Waals surface area contributed by atoms with E-state index in [9.17, 15) is 4.39 Å². The van der Waals surface area contributed by atoms with Gasteiger partial charge in [0.05, 0.1) is 11.1 Å². The molecule has 102 valence electrons. The third kappa shape index (κ3) is 4.39. The van der Waals surface area contributed by atoms with Crippen molar-refractivity contribution in [1.82, 2.24) is 0 Å². The second-order valence-corrected chi connectivity index (χ2v) is 4.31. The lowest BCUT2D eigenvalue weighted by Gasteiger charge is -2.13. The van der Waals surface area contributed by atoms with Crippen molar-refractivity contribution in [1.29, 1.82) is 0 Å². The van der Waals surface area contributed by atoms with Gasteiger partial charge in [0, 0.05) is 0 Å². The van der Waals surface area contributed by atoms with E-state index >= 15 is 0 Å². The van der Waals surface area contributed by atoms with Gasteiger partial charge in [-0.3, -0.25) is 0 Å². The largest absolute Gasteiger partial charge is 0.492 e. The highest BCUT2D eigenvalue weighted by molar-refractivity contribution is 6.30. The van der Waals surface area contributed by atoms with Crippen molar-refractivity contribution in [3.63, 3.8) is 0 Å². The lowest BCUT2D eigenvalue weighted by molar-refractivity contribution is 0.290. The Hall–Kier alpha value is -1.29. The van der Waals surface area contributed by atoms with Crippen molar-refractivity contribution in [3.05, 3.63) is 64.9 Å². The Balaban J connectivity index is 0.00000180. The lowest BCUT2D eigenvalue weighted by Crippen LogP contribution is -2.19. The van der Waals surface area contributed by atoms with Crippen LogP contribution < -0.4 is 10.5 Å². The summed E-state index contributed by atoms with van der Waals surface area (Å²) < 4.78 is 18.8. The summed E-state index contributed by atoms with van der Waals surface area (Å²) in [5, 5.41) is 0.0925. The highest BCUT2D eigenvalue weighted by Crippen LogP contribution is 2.20. The molecular formula is C14H14Cl2FNO. The number of benzene rings is 2. The summed E-state index contributed by atoms with van der Waals surface area (Å²) in [6.45, 7) is 0.283. The molecule has 0 amide bonds. The van der Waals surface area contributed by atoms with Crippen LogP contribution in [0.25, 0.3) is 0 Å². The SMILES string of the molecule is Cl.NC(COc1ccccc1)c1ccc(Cl)c(F)c1. The second kappa shape index (κ2) is 7.34. The zero-order chi connectivity index (χ0) is 13.0. The maximum atomic E-state index is 13.3. The summed E-state index contributed by atoms with van der Waals surface area (Å²) in [5.74, 6) is 0.270. The number of hydrogen-bond donors (Lipinski definition) is 1. The summed E-state index contributed by atoms with van der Waals surface area (Å²) in [6, 6.07) is 13.5. The molecule has 0 spiro atoms. The normalized spacial score (nSPS) is 11.5. The summed E-state index contributed by atoms with van der Waals surface area (Å²) in [5.41, 5.74) is 6.59. The first-order chi connectivity index (χ1) is 8.66. The third-order valence-corrected chi connectivity index (χ3v) is 2.85. The standard InChI is InChI=1S/C14H13ClFNO.ClH/c15-12-7-6-10(8-13(12)16)14(17)9-18-11-4-2-1-3-5-11;/h1-8,14H,9,17H2;1H. The summed E-state index contributed by atoms with van der Waals surface area (Å²) in [4.78, 5) is 0. The molecule has 0 heterocycles. The molecule has 1 unspecified atom stereocenters. The molecule has 2 nitrogen and oxygen atoms in total. The minimum Gasteiger partial charge on any atom is -0.492 e. The molecule has 5 heteroatoms. The highest BCUT2D eigenvalue weighted by Gasteiger charge is 2.09. The summed E-state index contributed by atoms with van der Waals surface area (Å²) >= 11 is 5.61. The van der Waals surface area contributed by atoms with Crippen LogP contribution in [0.4, 0.5) is 4.39 Å². The Kier molecular flexibility index (Phi) is 6.09. The van der Waals surface area contributed by atoms with Gasteiger partial charge in [0.25, 0.3) is 0 Å². The number of halogens is 3. The molecule has 0 saturated heterocycles. The van der Waals surface area contributed by atoms with Crippen molar-refractivity contribution < 1.29 is 9.13 Å². The minimum absolute atomic E-state index is 0. The molecule has 2 rings (SSSR count). The Morgan fingerprint density at radius 2 is 1.84 bits per heavy atom. The van der Waals surface area contributed by atoms with E-state index in [0.29, 0.717) is 5.56 Å². The van der Waals surface area contributed by atoms with Crippen LogP contribution in [0.2, 0.25) is 5.02 Å². The fourth-order valence-electron chi connectivity index (χ4n) is 1.54. The van der Waals surface area contributed by atoms with Crippen LogP contribution in [-0.2, 0) is 0 Å². The predicted molar refractivity (Wildman–Crippen MR) is 77.5 cm³/mol. The molecule has 0 bridgehead atoms. The first-order valence-corrected chi connectivity index (χ1v) is 5.93. The average molecular weight is 302 g/mol. The van der Waals surface area contributed by atoms with Gasteiger partial charge < -0.3 is 10.5 Å². The number of ether oxygens (including phenoxy) is 1. The van der Waals surface area contributed by atoms with Gasteiger partial charge >= 0.3 is 0 Å². The highest BCUT2D eigenvalue weighted by atomic mass is 35.5. The Morgan fingerprint density at radius 1 is 1.16 bits per heavy atom. The Bertz CT molecular complexity index is 522. The van der Waals surface area contributed by atoms with Crippen molar-refractivity contribution in [2.45, 2.75) is 6.04 Å². The van der Waals surface area contributed by atoms with E-state index in [1.165, 1.54) is 12.1 Å². The van der Waals surface area contributed by atoms with E-state index in [2.05, 4.69) is 0 Å². The fourth-order valence-corrected chi connectivity index (χ4v) is 1.66. The minimum atomic E-state index is -0.468. The van der Waals surface area contributed by atoms with Crippen molar-refractivity contribution in [3.8, 4) is 5.75 Å². The van der Waals surface area contributed by atoms with Crippen LogP contribution in [0.5, 0.6) is 5.75 Å². The van der Waals surface area contributed by atoms with Gasteiger partial charge in [0.15, 0.2) is 0 Å². The van der Waals surface area contributed by atoms with Crippen molar-refractivity contribution >= 4 is 24.0 Å². The molecule has 0 aliphatic rings. The van der Waals surface area contributed by atoms with Crippen molar-refractivity contribution in [2.75, 3.05) is 6.61 Å². The van der Waals surface area contributed by atoms with E-state index in [1.54, 1.807) is 6.07 Å². The molecule has 1 atom stereocenters. The molecule has 19 heavy (non-hydrogen) atoms. The van der Waals surface area contributed by atoms with Crippen LogP contribution in [-0.4, -0.2) is 6.61 Å². The van der Waals surface area contributed by atoms with E-state index in [1.807, 2.05) is 30.3 Å². The van der Waals surface area contributed by atoms with Gasteiger partial charge in [-0.05, 0) is 29.8 Å². The zero-order valence-electron chi connectivity index (χ0n) is 10.1. The third-order valence-electron chi connectivity index (χ3n) is 2.54. The fraction of sp³-hybridized carbons (Fsp3) is 0.143. The van der Waals surface area contributed by atoms with Crippen molar-refractivity contribution in [2.24, 2.45) is 5.73 Å². The van der Waals surface area contributed by atoms with Gasteiger partial charge in [0.1, 0.15) is 18.2 Å². The predicted octanol–water partition coefficient (Wildman–Crippen LogP) is 3.98. The molecule has 0 fully saturated rings. The monoisotopic (exact) mass is 301 g/mol. The van der Waals surface area contributed by atoms with Gasteiger partial charge in [-0.25, -0.2) is 4.39 Å². The summed E-state index contributed by atoms with van der Waals surface area (Å²) in [6.07, 6.45) is 0. The smallest absolute Gasteiger partial charge is 0.142 e. The zero-order valence-corrected chi connectivity index (χ0v) is 11.6. The first kappa shape index (κ1) is 15.8. The maximum Gasteiger partial charge on any atom is 0.142 e. The van der Waals surface area contributed by atoms with E-state index in [-0.39, 0.29) is 24.0 Å². The summed E-state index contributed by atoms with van der Waals surface area (Å²) in [7, 11) is 0. The molecule has 0 aliphatic carbocycles. The quantitative estimate of drug-likeness (QED) is 0.927. The Labute approximate surface area is 122 Å². The Morgan fingerprint density at radius 3 is 2.47 bits per heavy atom. The molecule has 2 N–H and O–H groups in total. The van der Waals surface area contributed by atoms with Crippen LogP contribution in [0, 0.1) is 5.82 Å². The van der Waals surface area contributed by atoms with Gasteiger partial charge in [0.2, 0.25) is 0 Å².